The number of halogens is 1. The minimum atomic E-state index is 0.542. The molecule has 20 heavy (non-hydrogen) atoms. The summed E-state index contributed by atoms with van der Waals surface area (Å²) >= 11 is 2.30. The van der Waals surface area contributed by atoms with Crippen molar-refractivity contribution in [1.29, 1.82) is 0 Å². The molecule has 6 heteroatoms. The lowest BCUT2D eigenvalue weighted by Gasteiger charge is -2.12. The molecule has 0 amide bonds. The Bertz CT molecular complexity index is 602. The zero-order valence-electron chi connectivity index (χ0n) is 12.4. The topological polar surface area (TPSA) is 63.8 Å². The molecule has 0 aliphatic heterocycles. The molecule has 0 fully saturated rings. The fraction of sp³-hybridized carbons (Fsp3) is 0.500. The maximum atomic E-state index is 5.22. The lowest BCUT2D eigenvalue weighted by Crippen LogP contribution is -2.08. The third-order valence-electron chi connectivity index (χ3n) is 3.02. The van der Waals surface area contributed by atoms with Crippen molar-refractivity contribution in [1.82, 2.24) is 15.1 Å². The van der Waals surface area contributed by atoms with Crippen molar-refractivity contribution >= 4 is 28.4 Å². The van der Waals surface area contributed by atoms with Gasteiger partial charge in [-0.3, -0.25) is 0 Å². The van der Waals surface area contributed by atoms with Crippen LogP contribution in [0.3, 0.4) is 0 Å². The summed E-state index contributed by atoms with van der Waals surface area (Å²) in [5.74, 6) is 2.83. The molecule has 0 aromatic carbocycles. The molecule has 0 radical (unpaired) electrons. The molecule has 0 saturated heterocycles. The van der Waals surface area contributed by atoms with Crippen LogP contribution in [-0.4, -0.2) is 22.2 Å². The molecule has 0 aliphatic carbocycles. The molecule has 2 aromatic heterocycles. The van der Waals surface area contributed by atoms with Crippen LogP contribution < -0.4 is 5.32 Å². The highest BCUT2D eigenvalue weighted by atomic mass is 127. The van der Waals surface area contributed by atoms with Gasteiger partial charge in [0.2, 0.25) is 0 Å². The van der Waals surface area contributed by atoms with E-state index in [0.29, 0.717) is 11.7 Å². The summed E-state index contributed by atoms with van der Waals surface area (Å²) in [6, 6.07) is 0. The summed E-state index contributed by atoms with van der Waals surface area (Å²) in [5, 5.41) is 7.12. The predicted molar refractivity (Wildman–Crippen MR) is 87.8 cm³/mol. The first-order valence-electron chi connectivity index (χ1n) is 6.61. The maximum absolute atomic E-state index is 5.22. The maximum Gasteiger partial charge on any atom is 0.167 e. The number of aromatic nitrogens is 3. The Kier molecular flexibility index (Phi) is 4.62. The molecule has 5 nitrogen and oxygen atoms in total. The van der Waals surface area contributed by atoms with E-state index >= 15 is 0 Å². The van der Waals surface area contributed by atoms with Crippen LogP contribution in [0.1, 0.15) is 31.0 Å². The highest BCUT2D eigenvalue weighted by molar-refractivity contribution is 14.1. The average molecular weight is 386 g/mol. The van der Waals surface area contributed by atoms with Gasteiger partial charge in [0.25, 0.3) is 0 Å². The predicted octanol–water partition coefficient (Wildman–Crippen LogP) is 3.59. The van der Waals surface area contributed by atoms with Crippen molar-refractivity contribution in [3.8, 4) is 11.4 Å². The van der Waals surface area contributed by atoms with Gasteiger partial charge in [-0.1, -0.05) is 19.0 Å². The number of aryl methyl sites for hydroxylation is 2. The van der Waals surface area contributed by atoms with Crippen LogP contribution in [-0.2, 0) is 6.42 Å². The first kappa shape index (κ1) is 15.2. The van der Waals surface area contributed by atoms with Crippen molar-refractivity contribution in [3.63, 3.8) is 0 Å². The van der Waals surface area contributed by atoms with Crippen LogP contribution in [0.15, 0.2) is 4.52 Å². The molecule has 2 heterocycles. The van der Waals surface area contributed by atoms with E-state index in [1.54, 1.807) is 0 Å². The van der Waals surface area contributed by atoms with Gasteiger partial charge in [-0.15, -0.1) is 0 Å². The minimum Gasteiger partial charge on any atom is -0.372 e. The van der Waals surface area contributed by atoms with Crippen LogP contribution in [0.2, 0.25) is 0 Å². The normalized spacial score (nSPS) is 11.2. The van der Waals surface area contributed by atoms with E-state index in [1.807, 2.05) is 20.9 Å². The van der Waals surface area contributed by atoms with Crippen molar-refractivity contribution in [2.75, 3.05) is 12.4 Å². The molecule has 0 spiro atoms. The Morgan fingerprint density at radius 1 is 1.25 bits per heavy atom. The Morgan fingerprint density at radius 2 is 1.95 bits per heavy atom. The molecule has 0 atom stereocenters. The fourth-order valence-corrected chi connectivity index (χ4v) is 2.83. The summed E-state index contributed by atoms with van der Waals surface area (Å²) in [6.07, 6.45) is 0.922. The second kappa shape index (κ2) is 6.07. The largest absolute Gasteiger partial charge is 0.372 e. The van der Waals surface area contributed by atoms with Crippen molar-refractivity contribution in [2.24, 2.45) is 5.92 Å². The lowest BCUT2D eigenvalue weighted by molar-refractivity contribution is 0.393. The van der Waals surface area contributed by atoms with Crippen LogP contribution in [0.4, 0.5) is 5.82 Å². The number of hydrogen-bond donors (Lipinski definition) is 1. The summed E-state index contributed by atoms with van der Waals surface area (Å²) in [6.45, 7) is 8.17. The SMILES string of the molecule is CNc1nc(-c2c(C)noc2C)nc(CC(C)C)c1I. The van der Waals surface area contributed by atoms with Gasteiger partial charge in [-0.05, 0) is 48.8 Å². The Labute approximate surface area is 132 Å². The van der Waals surface area contributed by atoms with Crippen molar-refractivity contribution < 1.29 is 4.52 Å². The number of nitrogens with one attached hydrogen (secondary N) is 1. The van der Waals surface area contributed by atoms with Crippen LogP contribution in [0.25, 0.3) is 11.4 Å². The fourth-order valence-electron chi connectivity index (χ4n) is 2.10. The number of rotatable bonds is 4. The lowest BCUT2D eigenvalue weighted by atomic mass is 10.1. The Hall–Kier alpha value is -1.18. The molecule has 2 aromatic rings. The zero-order chi connectivity index (χ0) is 14.9. The van der Waals surface area contributed by atoms with Gasteiger partial charge in [-0.2, -0.15) is 0 Å². The smallest absolute Gasteiger partial charge is 0.167 e. The van der Waals surface area contributed by atoms with Crippen LogP contribution in [0.5, 0.6) is 0 Å². The molecule has 2 rings (SSSR count). The standard InChI is InChI=1S/C14H19IN4O/c1-7(2)6-10-12(15)14(16-5)18-13(17-10)11-8(3)19-20-9(11)4/h7H,6H2,1-5H3,(H,16,17,18). The Morgan fingerprint density at radius 3 is 2.45 bits per heavy atom. The van der Waals surface area contributed by atoms with E-state index in [0.717, 1.165) is 38.5 Å². The van der Waals surface area contributed by atoms with Gasteiger partial charge in [-0.25, -0.2) is 9.97 Å². The number of nitrogens with zero attached hydrogens (tertiary/aromatic N) is 3. The van der Waals surface area contributed by atoms with E-state index in [-0.39, 0.29) is 0 Å². The Balaban J connectivity index is 2.60. The highest BCUT2D eigenvalue weighted by Gasteiger charge is 2.19. The molecule has 108 valence electrons. The van der Waals surface area contributed by atoms with Gasteiger partial charge in [0.1, 0.15) is 11.6 Å². The van der Waals surface area contributed by atoms with E-state index in [4.69, 9.17) is 9.51 Å². The van der Waals surface area contributed by atoms with Gasteiger partial charge >= 0.3 is 0 Å². The van der Waals surface area contributed by atoms with Crippen molar-refractivity contribution in [2.45, 2.75) is 34.1 Å². The second-order valence-electron chi connectivity index (χ2n) is 5.20. The third-order valence-corrected chi connectivity index (χ3v) is 4.15. The quantitative estimate of drug-likeness (QED) is 0.814. The van der Waals surface area contributed by atoms with E-state index in [1.165, 1.54) is 0 Å². The number of anilines is 1. The third kappa shape index (κ3) is 2.94. The molecular weight excluding hydrogens is 367 g/mol. The van der Waals surface area contributed by atoms with Gasteiger partial charge in [0.15, 0.2) is 5.82 Å². The van der Waals surface area contributed by atoms with Crippen LogP contribution in [0, 0.1) is 23.3 Å². The van der Waals surface area contributed by atoms with E-state index in [9.17, 15) is 0 Å². The van der Waals surface area contributed by atoms with E-state index in [2.05, 4.69) is 51.9 Å². The first-order valence-corrected chi connectivity index (χ1v) is 7.69. The van der Waals surface area contributed by atoms with E-state index < -0.39 is 0 Å². The average Bonchev–Trinajstić information content (AvgIpc) is 2.71. The van der Waals surface area contributed by atoms with Crippen LogP contribution >= 0.6 is 22.6 Å². The molecule has 0 saturated carbocycles. The molecule has 0 aliphatic rings. The zero-order valence-corrected chi connectivity index (χ0v) is 14.6. The highest BCUT2D eigenvalue weighted by Crippen LogP contribution is 2.28. The summed E-state index contributed by atoms with van der Waals surface area (Å²) < 4.78 is 6.30. The number of hydrogen-bond acceptors (Lipinski definition) is 5. The summed E-state index contributed by atoms with van der Waals surface area (Å²) in [4.78, 5) is 9.32. The second-order valence-corrected chi connectivity index (χ2v) is 6.28. The van der Waals surface area contributed by atoms with Gasteiger partial charge in [0, 0.05) is 7.05 Å². The first-order chi connectivity index (χ1) is 9.43. The molecule has 0 unspecified atom stereocenters. The van der Waals surface area contributed by atoms with Crippen molar-refractivity contribution in [3.05, 3.63) is 20.7 Å². The molecular formula is C14H19IN4O. The monoisotopic (exact) mass is 386 g/mol. The van der Waals surface area contributed by atoms with Gasteiger partial charge in [0.05, 0.1) is 20.5 Å². The minimum absolute atomic E-state index is 0.542. The summed E-state index contributed by atoms with van der Waals surface area (Å²) in [7, 11) is 1.88. The van der Waals surface area contributed by atoms with Gasteiger partial charge < -0.3 is 9.84 Å². The summed E-state index contributed by atoms with van der Waals surface area (Å²) in [5.41, 5.74) is 2.78. The molecule has 0 bridgehead atoms. The molecule has 1 N–H and O–H groups in total.